The highest BCUT2D eigenvalue weighted by Crippen LogP contribution is 2.22. The van der Waals surface area contributed by atoms with E-state index < -0.39 is 30.4 Å². The normalized spacial score (nSPS) is 11.4. The number of esters is 1. The first-order valence-corrected chi connectivity index (χ1v) is 9.15. The summed E-state index contributed by atoms with van der Waals surface area (Å²) in [5.41, 5.74) is 1.26. The fourth-order valence-electron chi connectivity index (χ4n) is 2.40. The van der Waals surface area contributed by atoms with Crippen LogP contribution in [0.25, 0.3) is 6.08 Å². The minimum atomic E-state index is -0.919. The first kappa shape index (κ1) is 22.5. The molecule has 0 spiro atoms. The van der Waals surface area contributed by atoms with Gasteiger partial charge >= 0.3 is 5.97 Å². The average Bonchev–Trinajstić information content (AvgIpc) is 2.76. The Kier molecular flexibility index (Phi) is 8.43. The van der Waals surface area contributed by atoms with Gasteiger partial charge in [-0.15, -0.1) is 0 Å². The lowest BCUT2D eigenvalue weighted by atomic mass is 10.2. The molecule has 0 heterocycles. The first-order valence-electron chi connectivity index (χ1n) is 9.15. The molecular formula is C22H24N2O6. The quantitative estimate of drug-likeness (QED) is 0.484. The van der Waals surface area contributed by atoms with Crippen LogP contribution in [0.5, 0.6) is 11.5 Å². The lowest BCUT2D eigenvalue weighted by Gasteiger charge is -2.13. The summed E-state index contributed by atoms with van der Waals surface area (Å²) in [6.07, 6.45) is 2.91. The number of amides is 2. The molecule has 0 unspecified atom stereocenters. The van der Waals surface area contributed by atoms with Crippen molar-refractivity contribution in [1.29, 1.82) is 0 Å². The van der Waals surface area contributed by atoms with Gasteiger partial charge in [0.25, 0.3) is 5.91 Å². The molecule has 0 radical (unpaired) electrons. The number of para-hydroxylation sites is 2. The van der Waals surface area contributed by atoms with Crippen molar-refractivity contribution < 1.29 is 28.6 Å². The van der Waals surface area contributed by atoms with Gasteiger partial charge in [-0.25, -0.2) is 4.79 Å². The number of carbonyl (C=O) groups excluding carboxylic acids is 3. The molecular weight excluding hydrogens is 388 g/mol. The third kappa shape index (κ3) is 6.97. The fourth-order valence-corrected chi connectivity index (χ4v) is 2.40. The van der Waals surface area contributed by atoms with Gasteiger partial charge in [-0.1, -0.05) is 24.3 Å². The van der Waals surface area contributed by atoms with Gasteiger partial charge in [0.2, 0.25) is 5.91 Å². The Hall–Kier alpha value is -3.81. The highest BCUT2D eigenvalue weighted by molar-refractivity contribution is 5.96. The summed E-state index contributed by atoms with van der Waals surface area (Å²) in [7, 11) is 3.05. The summed E-state index contributed by atoms with van der Waals surface area (Å²) in [5.74, 6) is -0.514. The summed E-state index contributed by atoms with van der Waals surface area (Å²) in [6.45, 7) is 0.984. The maximum atomic E-state index is 12.0. The van der Waals surface area contributed by atoms with Crippen molar-refractivity contribution >= 4 is 29.5 Å². The van der Waals surface area contributed by atoms with Crippen molar-refractivity contribution in [3.05, 3.63) is 60.2 Å². The van der Waals surface area contributed by atoms with Gasteiger partial charge < -0.3 is 24.8 Å². The molecule has 158 valence electrons. The lowest BCUT2D eigenvalue weighted by Crippen LogP contribution is -2.39. The van der Waals surface area contributed by atoms with E-state index in [-0.39, 0.29) is 0 Å². The maximum Gasteiger partial charge on any atom is 0.328 e. The molecule has 0 aromatic heterocycles. The average molecular weight is 412 g/mol. The molecule has 2 aromatic carbocycles. The van der Waals surface area contributed by atoms with Gasteiger partial charge in [0.1, 0.15) is 17.5 Å². The summed E-state index contributed by atoms with van der Waals surface area (Å²) >= 11 is 0. The largest absolute Gasteiger partial charge is 0.497 e. The van der Waals surface area contributed by atoms with Crippen molar-refractivity contribution in [2.24, 2.45) is 0 Å². The van der Waals surface area contributed by atoms with Crippen LogP contribution in [-0.2, 0) is 19.1 Å². The highest BCUT2D eigenvalue weighted by atomic mass is 16.5. The van der Waals surface area contributed by atoms with Crippen LogP contribution in [0.4, 0.5) is 5.69 Å². The van der Waals surface area contributed by atoms with E-state index in [2.05, 4.69) is 10.6 Å². The van der Waals surface area contributed by atoms with Crippen LogP contribution in [0, 0.1) is 0 Å². The zero-order valence-electron chi connectivity index (χ0n) is 17.0. The van der Waals surface area contributed by atoms with Crippen molar-refractivity contribution in [1.82, 2.24) is 5.32 Å². The zero-order chi connectivity index (χ0) is 21.9. The first-order chi connectivity index (χ1) is 14.4. The summed E-state index contributed by atoms with van der Waals surface area (Å²) in [4.78, 5) is 36.0. The zero-order valence-corrected chi connectivity index (χ0v) is 17.0. The highest BCUT2D eigenvalue weighted by Gasteiger charge is 2.17. The summed E-state index contributed by atoms with van der Waals surface area (Å²) in [6, 6.07) is 13.1. The second kappa shape index (κ2) is 11.3. The molecule has 2 rings (SSSR count). The lowest BCUT2D eigenvalue weighted by molar-refractivity contribution is -0.149. The van der Waals surface area contributed by atoms with Crippen molar-refractivity contribution in [2.75, 3.05) is 26.1 Å². The number of ether oxygens (including phenoxy) is 3. The van der Waals surface area contributed by atoms with Crippen LogP contribution < -0.4 is 20.1 Å². The van der Waals surface area contributed by atoms with Gasteiger partial charge in [0.15, 0.2) is 6.61 Å². The molecule has 0 saturated carbocycles. The van der Waals surface area contributed by atoms with Gasteiger partial charge in [-0.3, -0.25) is 9.59 Å². The fraction of sp³-hybridized carbons (Fsp3) is 0.227. The minimum Gasteiger partial charge on any atom is -0.497 e. The number of benzene rings is 2. The molecule has 0 aliphatic heterocycles. The number of hydrogen-bond donors (Lipinski definition) is 2. The van der Waals surface area contributed by atoms with E-state index >= 15 is 0 Å². The van der Waals surface area contributed by atoms with Crippen molar-refractivity contribution in [3.8, 4) is 11.5 Å². The summed E-state index contributed by atoms with van der Waals surface area (Å²) < 4.78 is 15.2. The van der Waals surface area contributed by atoms with Crippen LogP contribution >= 0.6 is 0 Å². The monoisotopic (exact) mass is 412 g/mol. The molecule has 8 nitrogen and oxygen atoms in total. The Bertz CT molecular complexity index is 908. The standard InChI is InChI=1S/C22H24N2O6/c1-15(23-20(25)13-10-16-8-11-17(28-2)12-9-16)22(27)30-14-21(26)24-18-6-4-5-7-19(18)29-3/h4-13,15H,14H2,1-3H3,(H,23,25)(H,24,26)/b13-10+/t15-/m0/s1. The number of hydrogen-bond acceptors (Lipinski definition) is 6. The Morgan fingerprint density at radius 2 is 1.70 bits per heavy atom. The predicted molar refractivity (Wildman–Crippen MR) is 112 cm³/mol. The molecule has 2 aromatic rings. The molecule has 8 heteroatoms. The predicted octanol–water partition coefficient (Wildman–Crippen LogP) is 2.40. The molecule has 1 atom stereocenters. The van der Waals surface area contributed by atoms with Gasteiger partial charge in [-0.2, -0.15) is 0 Å². The molecule has 0 fully saturated rings. The van der Waals surface area contributed by atoms with E-state index in [4.69, 9.17) is 14.2 Å². The van der Waals surface area contributed by atoms with Gasteiger partial charge in [0, 0.05) is 6.08 Å². The second-order valence-electron chi connectivity index (χ2n) is 6.19. The maximum absolute atomic E-state index is 12.0. The Labute approximate surface area is 174 Å². The summed E-state index contributed by atoms with van der Waals surface area (Å²) in [5, 5.41) is 5.08. The Morgan fingerprint density at radius 3 is 2.37 bits per heavy atom. The number of anilines is 1. The van der Waals surface area contributed by atoms with E-state index in [1.54, 1.807) is 61.7 Å². The Morgan fingerprint density at radius 1 is 1.00 bits per heavy atom. The number of rotatable bonds is 9. The molecule has 2 N–H and O–H groups in total. The number of methoxy groups -OCH3 is 2. The molecule has 2 amide bonds. The van der Waals surface area contributed by atoms with Crippen LogP contribution in [0.1, 0.15) is 12.5 Å². The second-order valence-corrected chi connectivity index (χ2v) is 6.19. The van der Waals surface area contributed by atoms with E-state index in [0.717, 1.165) is 5.56 Å². The van der Waals surface area contributed by atoms with Crippen molar-refractivity contribution in [3.63, 3.8) is 0 Å². The minimum absolute atomic E-state index is 0.464. The molecule has 0 aliphatic rings. The third-order valence-corrected chi connectivity index (χ3v) is 3.98. The van der Waals surface area contributed by atoms with Crippen LogP contribution in [0.2, 0.25) is 0 Å². The smallest absolute Gasteiger partial charge is 0.328 e. The topological polar surface area (TPSA) is 103 Å². The Balaban J connectivity index is 1.78. The SMILES string of the molecule is COc1ccc(/C=C/C(=O)N[C@@H](C)C(=O)OCC(=O)Nc2ccccc2OC)cc1. The van der Waals surface area contributed by atoms with Crippen LogP contribution in [-0.4, -0.2) is 44.7 Å². The van der Waals surface area contributed by atoms with E-state index in [1.807, 2.05) is 0 Å². The molecule has 30 heavy (non-hydrogen) atoms. The molecule has 0 aliphatic carbocycles. The van der Waals surface area contributed by atoms with Gasteiger partial charge in [0.05, 0.1) is 19.9 Å². The third-order valence-electron chi connectivity index (χ3n) is 3.98. The van der Waals surface area contributed by atoms with E-state index in [1.165, 1.54) is 20.1 Å². The number of nitrogens with one attached hydrogen (secondary N) is 2. The van der Waals surface area contributed by atoms with E-state index in [9.17, 15) is 14.4 Å². The van der Waals surface area contributed by atoms with Crippen LogP contribution in [0.15, 0.2) is 54.6 Å². The van der Waals surface area contributed by atoms with Gasteiger partial charge in [-0.05, 0) is 42.8 Å². The van der Waals surface area contributed by atoms with Crippen molar-refractivity contribution in [2.45, 2.75) is 13.0 Å². The molecule has 0 saturated heterocycles. The molecule has 0 bridgehead atoms. The van der Waals surface area contributed by atoms with E-state index in [0.29, 0.717) is 17.2 Å². The number of carbonyl (C=O) groups is 3. The van der Waals surface area contributed by atoms with Crippen LogP contribution in [0.3, 0.4) is 0 Å².